The Labute approximate surface area is 130 Å². The quantitative estimate of drug-likeness (QED) is 0.650. The Balaban J connectivity index is 2.28. The van der Waals surface area contributed by atoms with Crippen molar-refractivity contribution in [1.29, 1.82) is 0 Å². The monoisotopic (exact) mass is 351 g/mol. The third kappa shape index (κ3) is 3.56. The fourth-order valence-electron chi connectivity index (χ4n) is 1.74. The minimum atomic E-state index is -0.491. The standard InChI is InChI=1S/C14H14BrN3O3/c1-2-11(16)12-7-6-9(8-17-12)21-14-10(15)4-3-5-13(14)18(19)20/h3-8,11H,2,16H2,1H3. The number of pyridine rings is 1. The molecule has 110 valence electrons. The lowest BCUT2D eigenvalue weighted by atomic mass is 10.1. The van der Waals surface area contributed by atoms with E-state index in [2.05, 4.69) is 20.9 Å². The van der Waals surface area contributed by atoms with Crippen LogP contribution in [-0.4, -0.2) is 9.91 Å². The molecular formula is C14H14BrN3O3. The third-order valence-corrected chi connectivity index (χ3v) is 3.57. The summed E-state index contributed by atoms with van der Waals surface area (Å²) >= 11 is 3.25. The van der Waals surface area contributed by atoms with E-state index in [1.807, 2.05) is 6.92 Å². The Bertz CT molecular complexity index is 646. The van der Waals surface area contributed by atoms with Crippen LogP contribution in [0.4, 0.5) is 5.69 Å². The van der Waals surface area contributed by atoms with E-state index in [0.717, 1.165) is 12.1 Å². The van der Waals surface area contributed by atoms with Gasteiger partial charge in [-0.25, -0.2) is 0 Å². The molecule has 1 aromatic carbocycles. The van der Waals surface area contributed by atoms with Gasteiger partial charge in [-0.3, -0.25) is 15.1 Å². The van der Waals surface area contributed by atoms with Gasteiger partial charge in [0.15, 0.2) is 0 Å². The predicted octanol–water partition coefficient (Wildman–Crippen LogP) is 3.95. The Morgan fingerprint density at radius 1 is 1.43 bits per heavy atom. The van der Waals surface area contributed by atoms with Gasteiger partial charge in [-0.1, -0.05) is 13.0 Å². The van der Waals surface area contributed by atoms with Gasteiger partial charge in [0.25, 0.3) is 0 Å². The van der Waals surface area contributed by atoms with Crippen molar-refractivity contribution in [3.8, 4) is 11.5 Å². The zero-order chi connectivity index (χ0) is 15.4. The van der Waals surface area contributed by atoms with Gasteiger partial charge in [0, 0.05) is 12.1 Å². The highest BCUT2D eigenvalue weighted by molar-refractivity contribution is 9.10. The van der Waals surface area contributed by atoms with Crippen molar-refractivity contribution < 1.29 is 9.66 Å². The Hall–Kier alpha value is -1.99. The van der Waals surface area contributed by atoms with Crippen LogP contribution in [0.2, 0.25) is 0 Å². The number of hydrogen-bond acceptors (Lipinski definition) is 5. The first-order valence-electron chi connectivity index (χ1n) is 6.35. The number of nitro groups is 1. The largest absolute Gasteiger partial charge is 0.447 e. The van der Waals surface area contributed by atoms with Crippen molar-refractivity contribution in [1.82, 2.24) is 4.98 Å². The van der Waals surface area contributed by atoms with E-state index in [1.165, 1.54) is 12.3 Å². The van der Waals surface area contributed by atoms with Crippen LogP contribution in [0.25, 0.3) is 0 Å². The second-order valence-electron chi connectivity index (χ2n) is 4.38. The normalized spacial score (nSPS) is 12.0. The lowest BCUT2D eigenvalue weighted by Gasteiger charge is -2.10. The minimum absolute atomic E-state index is 0.112. The van der Waals surface area contributed by atoms with Crippen LogP contribution in [0.5, 0.6) is 11.5 Å². The second kappa shape index (κ2) is 6.64. The summed E-state index contributed by atoms with van der Waals surface area (Å²) in [6, 6.07) is 7.97. The number of nitrogens with two attached hydrogens (primary N) is 1. The molecule has 0 radical (unpaired) electrons. The van der Waals surface area contributed by atoms with Crippen molar-refractivity contribution in [2.75, 3.05) is 0 Å². The zero-order valence-electron chi connectivity index (χ0n) is 11.3. The molecule has 0 fully saturated rings. The van der Waals surface area contributed by atoms with Crippen LogP contribution >= 0.6 is 15.9 Å². The maximum Gasteiger partial charge on any atom is 0.312 e. The number of nitro benzene ring substituents is 1. The van der Waals surface area contributed by atoms with Gasteiger partial charge in [0.1, 0.15) is 5.75 Å². The number of hydrogen-bond donors (Lipinski definition) is 1. The molecule has 1 heterocycles. The fourth-order valence-corrected chi connectivity index (χ4v) is 2.18. The molecule has 1 unspecified atom stereocenters. The first-order chi connectivity index (χ1) is 10.0. The third-order valence-electron chi connectivity index (χ3n) is 2.94. The highest BCUT2D eigenvalue weighted by Gasteiger charge is 2.19. The van der Waals surface area contributed by atoms with E-state index in [0.29, 0.717) is 10.2 Å². The Morgan fingerprint density at radius 3 is 2.76 bits per heavy atom. The molecule has 21 heavy (non-hydrogen) atoms. The van der Waals surface area contributed by atoms with Crippen molar-refractivity contribution in [3.05, 3.63) is 56.8 Å². The van der Waals surface area contributed by atoms with Crippen molar-refractivity contribution in [2.45, 2.75) is 19.4 Å². The molecule has 0 saturated carbocycles. The number of aromatic nitrogens is 1. The molecule has 0 amide bonds. The van der Waals surface area contributed by atoms with Crippen LogP contribution in [0.3, 0.4) is 0 Å². The summed E-state index contributed by atoms with van der Waals surface area (Å²) in [4.78, 5) is 14.7. The molecule has 0 aliphatic heterocycles. The number of para-hydroxylation sites is 1. The molecule has 0 spiro atoms. The maximum absolute atomic E-state index is 11.0. The first kappa shape index (κ1) is 15.4. The lowest BCUT2D eigenvalue weighted by molar-refractivity contribution is -0.385. The summed E-state index contributed by atoms with van der Waals surface area (Å²) < 4.78 is 6.08. The average Bonchev–Trinajstić information content (AvgIpc) is 2.49. The molecule has 0 bridgehead atoms. The Morgan fingerprint density at radius 2 is 2.19 bits per heavy atom. The minimum Gasteiger partial charge on any atom is -0.447 e. The van der Waals surface area contributed by atoms with Gasteiger partial charge in [-0.15, -0.1) is 0 Å². The van der Waals surface area contributed by atoms with Crippen molar-refractivity contribution >= 4 is 21.6 Å². The summed E-state index contributed by atoms with van der Waals surface area (Å²) in [7, 11) is 0. The Kier molecular flexibility index (Phi) is 4.87. The van der Waals surface area contributed by atoms with Crippen LogP contribution in [-0.2, 0) is 0 Å². The molecule has 0 aliphatic carbocycles. The molecular weight excluding hydrogens is 338 g/mol. The van der Waals surface area contributed by atoms with E-state index < -0.39 is 4.92 Å². The predicted molar refractivity (Wildman–Crippen MR) is 82.3 cm³/mol. The van der Waals surface area contributed by atoms with Gasteiger partial charge in [-0.05, 0) is 40.5 Å². The molecule has 2 N–H and O–H groups in total. The SMILES string of the molecule is CCC(N)c1ccc(Oc2c(Br)cccc2[N+](=O)[O-])cn1. The molecule has 1 aromatic heterocycles. The molecule has 1 atom stereocenters. The van der Waals surface area contributed by atoms with E-state index >= 15 is 0 Å². The first-order valence-corrected chi connectivity index (χ1v) is 7.14. The highest BCUT2D eigenvalue weighted by Crippen LogP contribution is 2.37. The van der Waals surface area contributed by atoms with Crippen LogP contribution in [0, 0.1) is 10.1 Å². The van der Waals surface area contributed by atoms with Gasteiger partial charge >= 0.3 is 5.69 Å². The summed E-state index contributed by atoms with van der Waals surface area (Å²) in [5, 5.41) is 11.0. The molecule has 0 saturated heterocycles. The van der Waals surface area contributed by atoms with Gasteiger partial charge < -0.3 is 10.5 Å². The summed E-state index contributed by atoms with van der Waals surface area (Å²) in [6.07, 6.45) is 2.29. The van der Waals surface area contributed by atoms with Gasteiger partial charge in [0.05, 0.1) is 21.3 Å². The summed E-state index contributed by atoms with van der Waals surface area (Å²) in [6.45, 7) is 1.97. The van der Waals surface area contributed by atoms with Crippen molar-refractivity contribution in [3.63, 3.8) is 0 Å². The lowest BCUT2D eigenvalue weighted by Crippen LogP contribution is -2.10. The number of rotatable bonds is 5. The topological polar surface area (TPSA) is 91.3 Å². The van der Waals surface area contributed by atoms with E-state index in [9.17, 15) is 10.1 Å². The zero-order valence-corrected chi connectivity index (χ0v) is 12.9. The number of halogens is 1. The molecule has 7 heteroatoms. The van der Waals surface area contributed by atoms with Crippen LogP contribution in [0.1, 0.15) is 25.1 Å². The number of benzene rings is 1. The molecule has 6 nitrogen and oxygen atoms in total. The van der Waals surface area contributed by atoms with Crippen LogP contribution < -0.4 is 10.5 Å². The molecule has 0 aliphatic rings. The molecule has 2 rings (SSSR count). The molecule has 2 aromatic rings. The van der Waals surface area contributed by atoms with Gasteiger partial charge in [-0.2, -0.15) is 0 Å². The summed E-state index contributed by atoms with van der Waals surface area (Å²) in [5.41, 5.74) is 6.53. The number of nitrogens with zero attached hydrogens (tertiary/aromatic N) is 2. The van der Waals surface area contributed by atoms with E-state index in [4.69, 9.17) is 10.5 Å². The smallest absolute Gasteiger partial charge is 0.312 e. The highest BCUT2D eigenvalue weighted by atomic mass is 79.9. The van der Waals surface area contributed by atoms with E-state index in [1.54, 1.807) is 24.3 Å². The second-order valence-corrected chi connectivity index (χ2v) is 5.24. The van der Waals surface area contributed by atoms with Crippen LogP contribution in [0.15, 0.2) is 41.0 Å². The fraction of sp³-hybridized carbons (Fsp3) is 0.214. The maximum atomic E-state index is 11.0. The van der Waals surface area contributed by atoms with Gasteiger partial charge in [0.2, 0.25) is 5.75 Å². The van der Waals surface area contributed by atoms with E-state index in [-0.39, 0.29) is 17.5 Å². The number of ether oxygens (including phenoxy) is 1. The average molecular weight is 352 g/mol. The van der Waals surface area contributed by atoms with Crippen molar-refractivity contribution in [2.24, 2.45) is 5.73 Å². The summed E-state index contributed by atoms with van der Waals surface area (Å²) in [5.74, 6) is 0.564.